The molecule has 21 heavy (non-hydrogen) atoms. The highest BCUT2D eigenvalue weighted by molar-refractivity contribution is 5.31. The topological polar surface area (TPSA) is 38.7 Å². The molecule has 0 bridgehead atoms. The van der Waals surface area contributed by atoms with E-state index in [4.69, 9.17) is 9.47 Å². The van der Waals surface area contributed by atoms with Crippen LogP contribution < -0.4 is 9.47 Å². The Morgan fingerprint density at radius 3 is 1.67 bits per heavy atom. The Morgan fingerprint density at radius 1 is 0.857 bits per heavy atom. The molecule has 3 nitrogen and oxygen atoms in total. The van der Waals surface area contributed by atoms with Crippen molar-refractivity contribution >= 4 is 0 Å². The highest BCUT2D eigenvalue weighted by Gasteiger charge is 2.22. The Labute approximate surface area is 126 Å². The molecule has 0 heterocycles. The van der Waals surface area contributed by atoms with Gasteiger partial charge in [-0.05, 0) is 42.3 Å². The van der Waals surface area contributed by atoms with Crippen LogP contribution in [0, 0.1) is 0 Å². The summed E-state index contributed by atoms with van der Waals surface area (Å²) in [6.45, 7) is 1.85. The molecule has 0 aliphatic carbocycles. The second-order valence-corrected chi connectivity index (χ2v) is 5.55. The number of hydrogen-bond donors (Lipinski definition) is 1. The Balaban J connectivity index is 2.10. The first-order valence-corrected chi connectivity index (χ1v) is 7.01. The zero-order chi connectivity index (χ0) is 15.3. The van der Waals surface area contributed by atoms with Crippen molar-refractivity contribution in [2.24, 2.45) is 0 Å². The molecule has 3 heteroatoms. The molecular formula is C18H22O3. The lowest BCUT2D eigenvalue weighted by atomic mass is 9.90. The predicted octanol–water partition coefficient (Wildman–Crippen LogP) is 3.24. The van der Waals surface area contributed by atoms with Crippen molar-refractivity contribution in [2.45, 2.75) is 25.4 Å². The highest BCUT2D eigenvalue weighted by Crippen LogP contribution is 2.23. The van der Waals surface area contributed by atoms with Crippen molar-refractivity contribution in [3.05, 3.63) is 59.7 Å². The van der Waals surface area contributed by atoms with E-state index in [9.17, 15) is 5.11 Å². The van der Waals surface area contributed by atoms with Crippen molar-refractivity contribution in [2.75, 3.05) is 14.2 Å². The molecule has 0 atom stereocenters. The van der Waals surface area contributed by atoms with Crippen LogP contribution in [0.3, 0.4) is 0 Å². The van der Waals surface area contributed by atoms with E-state index < -0.39 is 5.60 Å². The summed E-state index contributed by atoms with van der Waals surface area (Å²) in [5.74, 6) is 1.62. The summed E-state index contributed by atoms with van der Waals surface area (Å²) in [4.78, 5) is 0. The van der Waals surface area contributed by atoms with Gasteiger partial charge in [0.2, 0.25) is 0 Å². The molecule has 0 spiro atoms. The maximum absolute atomic E-state index is 10.7. The van der Waals surface area contributed by atoms with E-state index in [2.05, 4.69) is 0 Å². The lowest BCUT2D eigenvalue weighted by Crippen LogP contribution is -2.30. The Hall–Kier alpha value is -2.00. The number of rotatable bonds is 6. The first kappa shape index (κ1) is 15.4. The summed E-state index contributed by atoms with van der Waals surface area (Å²) in [7, 11) is 3.29. The van der Waals surface area contributed by atoms with Gasteiger partial charge in [-0.15, -0.1) is 0 Å². The zero-order valence-corrected chi connectivity index (χ0v) is 12.8. The van der Waals surface area contributed by atoms with Crippen molar-refractivity contribution in [3.63, 3.8) is 0 Å². The third-order valence-electron chi connectivity index (χ3n) is 3.44. The van der Waals surface area contributed by atoms with E-state index in [1.54, 1.807) is 14.2 Å². The standard InChI is InChI=1S/C18H22O3/c1-18(19,12-14-6-4-8-16(10-14)20-2)13-15-7-5-9-17(11-15)21-3/h4-11,19H,12-13H2,1-3H3. The van der Waals surface area contributed by atoms with Crippen LogP contribution in [0.5, 0.6) is 11.5 Å². The first-order valence-electron chi connectivity index (χ1n) is 7.01. The van der Waals surface area contributed by atoms with Crippen LogP contribution in [0.4, 0.5) is 0 Å². The molecule has 0 fully saturated rings. The molecule has 112 valence electrons. The van der Waals surface area contributed by atoms with Gasteiger partial charge in [0, 0.05) is 12.8 Å². The van der Waals surface area contributed by atoms with Crippen molar-refractivity contribution in [3.8, 4) is 11.5 Å². The minimum Gasteiger partial charge on any atom is -0.497 e. The van der Waals surface area contributed by atoms with E-state index in [1.807, 2.05) is 55.5 Å². The molecule has 0 amide bonds. The molecule has 0 aliphatic heterocycles. The van der Waals surface area contributed by atoms with E-state index in [0.29, 0.717) is 12.8 Å². The second kappa shape index (κ2) is 6.64. The van der Waals surface area contributed by atoms with Crippen LogP contribution in [0.1, 0.15) is 18.1 Å². The third-order valence-corrected chi connectivity index (χ3v) is 3.44. The first-order chi connectivity index (χ1) is 10.0. The molecule has 0 aromatic heterocycles. The normalized spacial score (nSPS) is 11.2. The van der Waals surface area contributed by atoms with Gasteiger partial charge < -0.3 is 14.6 Å². The van der Waals surface area contributed by atoms with Crippen molar-refractivity contribution in [1.82, 2.24) is 0 Å². The van der Waals surface area contributed by atoms with Gasteiger partial charge in [-0.25, -0.2) is 0 Å². The fourth-order valence-corrected chi connectivity index (χ4v) is 2.51. The van der Waals surface area contributed by atoms with E-state index in [1.165, 1.54) is 0 Å². The van der Waals surface area contributed by atoms with E-state index in [-0.39, 0.29) is 0 Å². The van der Waals surface area contributed by atoms with Gasteiger partial charge in [0.1, 0.15) is 11.5 Å². The quantitative estimate of drug-likeness (QED) is 0.886. The lowest BCUT2D eigenvalue weighted by Gasteiger charge is -2.24. The molecule has 0 saturated heterocycles. The number of methoxy groups -OCH3 is 2. The average molecular weight is 286 g/mol. The molecule has 0 aliphatic rings. The highest BCUT2D eigenvalue weighted by atomic mass is 16.5. The molecule has 1 N–H and O–H groups in total. The van der Waals surface area contributed by atoms with Crippen LogP contribution in [-0.2, 0) is 12.8 Å². The molecule has 0 unspecified atom stereocenters. The Morgan fingerprint density at radius 2 is 1.29 bits per heavy atom. The van der Waals surface area contributed by atoms with Gasteiger partial charge >= 0.3 is 0 Å². The molecule has 0 radical (unpaired) electrons. The second-order valence-electron chi connectivity index (χ2n) is 5.55. The number of ether oxygens (including phenoxy) is 2. The van der Waals surface area contributed by atoms with Crippen molar-refractivity contribution in [1.29, 1.82) is 0 Å². The third kappa shape index (κ3) is 4.50. The van der Waals surface area contributed by atoms with E-state index in [0.717, 1.165) is 22.6 Å². The van der Waals surface area contributed by atoms with E-state index >= 15 is 0 Å². The minimum absolute atomic E-state index is 0.571. The molecule has 2 aromatic carbocycles. The van der Waals surface area contributed by atoms with Gasteiger partial charge in [-0.1, -0.05) is 24.3 Å². The number of aliphatic hydroxyl groups is 1. The summed E-state index contributed by atoms with van der Waals surface area (Å²) < 4.78 is 10.4. The van der Waals surface area contributed by atoms with Crippen LogP contribution in [0.15, 0.2) is 48.5 Å². The maximum Gasteiger partial charge on any atom is 0.119 e. The summed E-state index contributed by atoms with van der Waals surface area (Å²) in [5, 5.41) is 10.7. The van der Waals surface area contributed by atoms with Gasteiger partial charge in [0.15, 0.2) is 0 Å². The fraction of sp³-hybridized carbons (Fsp3) is 0.333. The zero-order valence-electron chi connectivity index (χ0n) is 12.8. The molecular weight excluding hydrogens is 264 g/mol. The van der Waals surface area contributed by atoms with Gasteiger partial charge in [0.25, 0.3) is 0 Å². The number of benzene rings is 2. The monoisotopic (exact) mass is 286 g/mol. The molecule has 2 rings (SSSR count). The van der Waals surface area contributed by atoms with Crippen molar-refractivity contribution < 1.29 is 14.6 Å². The van der Waals surface area contributed by atoms with Crippen LogP contribution in [0.25, 0.3) is 0 Å². The van der Waals surface area contributed by atoms with Crippen LogP contribution in [-0.4, -0.2) is 24.9 Å². The lowest BCUT2D eigenvalue weighted by molar-refractivity contribution is 0.0607. The van der Waals surface area contributed by atoms with Gasteiger partial charge in [-0.2, -0.15) is 0 Å². The SMILES string of the molecule is COc1cccc(CC(C)(O)Cc2cccc(OC)c2)c1. The van der Waals surface area contributed by atoms with Gasteiger partial charge in [0.05, 0.1) is 19.8 Å². The summed E-state index contributed by atoms with van der Waals surface area (Å²) >= 11 is 0. The van der Waals surface area contributed by atoms with Gasteiger partial charge in [-0.3, -0.25) is 0 Å². The average Bonchev–Trinajstić information content (AvgIpc) is 2.46. The Kier molecular flexibility index (Phi) is 4.86. The van der Waals surface area contributed by atoms with Crippen LogP contribution in [0.2, 0.25) is 0 Å². The van der Waals surface area contributed by atoms with Crippen LogP contribution >= 0.6 is 0 Å². The summed E-state index contributed by atoms with van der Waals surface area (Å²) in [5.41, 5.74) is 1.29. The fourth-order valence-electron chi connectivity index (χ4n) is 2.51. The smallest absolute Gasteiger partial charge is 0.119 e. The Bertz CT molecular complexity index is 539. The summed E-state index contributed by atoms with van der Waals surface area (Å²) in [6.07, 6.45) is 1.14. The largest absolute Gasteiger partial charge is 0.497 e. The summed E-state index contributed by atoms with van der Waals surface area (Å²) in [6, 6.07) is 15.6. The molecule has 2 aromatic rings. The molecule has 0 saturated carbocycles. The number of hydrogen-bond acceptors (Lipinski definition) is 3. The maximum atomic E-state index is 10.7. The minimum atomic E-state index is -0.821. The predicted molar refractivity (Wildman–Crippen MR) is 84.0 cm³/mol.